The van der Waals surface area contributed by atoms with Gasteiger partial charge in [0, 0.05) is 28.7 Å². The highest BCUT2D eigenvalue weighted by molar-refractivity contribution is 7.80. The normalized spacial score (nSPS) is 12.5. The molecule has 46 heavy (non-hydrogen) atoms. The van der Waals surface area contributed by atoms with Crippen LogP contribution in [0.2, 0.25) is 0 Å². The summed E-state index contributed by atoms with van der Waals surface area (Å²) in [6, 6.07) is 32.3. The van der Waals surface area contributed by atoms with Gasteiger partial charge in [-0.2, -0.15) is 8.42 Å². The zero-order chi connectivity index (χ0) is 32.9. The topological polar surface area (TPSA) is 135 Å². The molecular weight excluding hydrogens is 604 g/mol. The molecule has 0 saturated carbocycles. The van der Waals surface area contributed by atoms with Crippen molar-refractivity contribution in [1.82, 2.24) is 5.32 Å². The van der Waals surface area contributed by atoms with Crippen molar-refractivity contribution in [2.24, 2.45) is 0 Å². The number of carbonyl (C=O) groups excluding carboxylic acids is 2. The van der Waals surface area contributed by atoms with Crippen LogP contribution >= 0.6 is 0 Å². The van der Waals surface area contributed by atoms with E-state index >= 15 is 0 Å². The fourth-order valence-electron chi connectivity index (χ4n) is 5.09. The molecule has 5 rings (SSSR count). The van der Waals surface area contributed by atoms with Crippen LogP contribution in [-0.2, 0) is 31.2 Å². The van der Waals surface area contributed by atoms with Gasteiger partial charge in [0.1, 0.15) is 11.3 Å². The first-order valence-electron chi connectivity index (χ1n) is 14.8. The molecule has 0 aliphatic carbocycles. The quantitative estimate of drug-likeness (QED) is 0.105. The van der Waals surface area contributed by atoms with Crippen LogP contribution in [-0.4, -0.2) is 37.9 Å². The first-order valence-corrected chi connectivity index (χ1v) is 16.2. The van der Waals surface area contributed by atoms with Crippen LogP contribution in [0.5, 0.6) is 0 Å². The molecule has 1 unspecified atom stereocenters. The number of nitrogens with one attached hydrogen (secondary N) is 2. The summed E-state index contributed by atoms with van der Waals surface area (Å²) in [5.74, 6) is -0.356. The second-order valence-electron chi connectivity index (χ2n) is 12.0. The molecule has 0 radical (unpaired) electrons. The number of hydrogen-bond acceptors (Lipinski definition) is 6. The van der Waals surface area contributed by atoms with Gasteiger partial charge in [-0.05, 0) is 77.1 Å². The minimum absolute atomic E-state index is 0.0350. The molecular formula is C36H36N2O7S. The molecule has 0 aliphatic heterocycles. The van der Waals surface area contributed by atoms with Crippen LogP contribution in [0.4, 0.5) is 5.69 Å². The molecule has 10 heteroatoms. The summed E-state index contributed by atoms with van der Waals surface area (Å²) < 4.78 is 40.2. The lowest BCUT2D eigenvalue weighted by molar-refractivity contribution is -0.117. The Morgan fingerprint density at radius 3 is 2.20 bits per heavy atom. The van der Waals surface area contributed by atoms with Crippen LogP contribution in [0, 0.1) is 0 Å². The maximum absolute atomic E-state index is 13.8. The highest BCUT2D eigenvalue weighted by atomic mass is 32.3. The summed E-state index contributed by atoms with van der Waals surface area (Å²) in [5.41, 5.74) is 5.58. The minimum atomic E-state index is -4.57. The molecule has 2 amide bonds. The van der Waals surface area contributed by atoms with E-state index in [4.69, 9.17) is 8.97 Å². The lowest BCUT2D eigenvalue weighted by Gasteiger charge is -2.22. The summed E-state index contributed by atoms with van der Waals surface area (Å²) in [6.07, 6.45) is 0.391. The van der Waals surface area contributed by atoms with E-state index in [9.17, 15) is 18.0 Å². The van der Waals surface area contributed by atoms with Crippen LogP contribution in [0.25, 0.3) is 22.3 Å². The Morgan fingerprint density at radius 2 is 1.57 bits per heavy atom. The van der Waals surface area contributed by atoms with Gasteiger partial charge >= 0.3 is 10.4 Å². The number of hydrogen-bond donors (Lipinski definition) is 3. The Bertz CT molecular complexity index is 1890. The summed E-state index contributed by atoms with van der Waals surface area (Å²) in [7, 11) is -4.57. The third kappa shape index (κ3) is 8.48. The largest absolute Gasteiger partial charge is 0.456 e. The molecule has 1 atom stereocenters. The summed E-state index contributed by atoms with van der Waals surface area (Å²) >= 11 is 0. The van der Waals surface area contributed by atoms with E-state index in [-0.39, 0.29) is 17.9 Å². The van der Waals surface area contributed by atoms with Crippen LogP contribution < -0.4 is 10.6 Å². The van der Waals surface area contributed by atoms with Gasteiger partial charge in [0.2, 0.25) is 5.91 Å². The molecule has 0 bridgehead atoms. The fourth-order valence-corrected chi connectivity index (χ4v) is 5.38. The molecule has 0 spiro atoms. The second kappa shape index (κ2) is 13.7. The van der Waals surface area contributed by atoms with Gasteiger partial charge < -0.3 is 15.1 Å². The molecule has 5 aromatic rings. The van der Waals surface area contributed by atoms with Crippen molar-refractivity contribution < 1.29 is 31.2 Å². The maximum Gasteiger partial charge on any atom is 0.397 e. The monoisotopic (exact) mass is 640 g/mol. The molecule has 238 valence electrons. The minimum Gasteiger partial charge on any atom is -0.456 e. The SMILES string of the molecule is CC(C)(C)c1ccc(C(Cc2ccc(C(=O)NCCOS(=O)(=O)O)cc2)C(=O)Nc2ccc(-c3cc4ccccc4o3)cc2)cc1. The van der Waals surface area contributed by atoms with Crippen LogP contribution in [0.3, 0.4) is 0 Å². The number of benzene rings is 4. The Hall–Kier alpha value is -4.77. The van der Waals surface area contributed by atoms with Gasteiger partial charge in [0.25, 0.3) is 5.91 Å². The van der Waals surface area contributed by atoms with Gasteiger partial charge in [-0.1, -0.05) is 75.4 Å². The first kappa shape index (κ1) is 32.6. The second-order valence-corrected chi connectivity index (χ2v) is 13.1. The number of carbonyl (C=O) groups is 2. The maximum atomic E-state index is 13.8. The van der Waals surface area contributed by atoms with E-state index in [1.54, 1.807) is 24.3 Å². The highest BCUT2D eigenvalue weighted by Gasteiger charge is 2.23. The lowest BCUT2D eigenvalue weighted by atomic mass is 9.84. The average molecular weight is 641 g/mol. The first-order chi connectivity index (χ1) is 21.9. The summed E-state index contributed by atoms with van der Waals surface area (Å²) in [6.45, 7) is 5.92. The Balaban J connectivity index is 1.31. The smallest absolute Gasteiger partial charge is 0.397 e. The molecule has 1 aromatic heterocycles. The lowest BCUT2D eigenvalue weighted by Crippen LogP contribution is -2.28. The molecule has 3 N–H and O–H groups in total. The van der Waals surface area contributed by atoms with Crippen LogP contribution in [0.15, 0.2) is 108 Å². The van der Waals surface area contributed by atoms with Gasteiger partial charge in [-0.3, -0.25) is 14.1 Å². The van der Waals surface area contributed by atoms with Gasteiger partial charge in [-0.25, -0.2) is 4.18 Å². The van der Waals surface area contributed by atoms with Crippen LogP contribution in [0.1, 0.15) is 53.7 Å². The third-order valence-electron chi connectivity index (χ3n) is 7.63. The predicted octanol–water partition coefficient (Wildman–Crippen LogP) is 6.91. The molecule has 1 heterocycles. The number of para-hydroxylation sites is 1. The van der Waals surface area contributed by atoms with Gasteiger partial charge in [-0.15, -0.1) is 0 Å². The van der Waals surface area contributed by atoms with Crippen molar-refractivity contribution in [3.63, 3.8) is 0 Å². The van der Waals surface area contributed by atoms with Crippen molar-refractivity contribution in [1.29, 1.82) is 0 Å². The van der Waals surface area contributed by atoms with Gasteiger partial charge in [0.05, 0.1) is 12.5 Å². The van der Waals surface area contributed by atoms with E-state index < -0.39 is 28.8 Å². The summed E-state index contributed by atoms with van der Waals surface area (Å²) in [4.78, 5) is 26.3. The van der Waals surface area contributed by atoms with Crippen molar-refractivity contribution in [3.05, 3.63) is 125 Å². The highest BCUT2D eigenvalue weighted by Crippen LogP contribution is 2.30. The van der Waals surface area contributed by atoms with Crippen molar-refractivity contribution in [2.75, 3.05) is 18.5 Å². The molecule has 4 aromatic carbocycles. The van der Waals surface area contributed by atoms with E-state index in [1.807, 2.05) is 66.7 Å². The van der Waals surface area contributed by atoms with E-state index in [1.165, 1.54) is 0 Å². The zero-order valence-corrected chi connectivity index (χ0v) is 26.6. The van der Waals surface area contributed by atoms with Gasteiger partial charge in [0.15, 0.2) is 0 Å². The molecule has 0 saturated heterocycles. The molecule has 0 fully saturated rings. The fraction of sp³-hybridized carbons (Fsp3) is 0.222. The number of amides is 2. The van der Waals surface area contributed by atoms with E-state index in [0.29, 0.717) is 17.7 Å². The molecule has 0 aliphatic rings. The summed E-state index contributed by atoms with van der Waals surface area (Å²) in [5, 5.41) is 6.63. The zero-order valence-electron chi connectivity index (χ0n) is 25.8. The van der Waals surface area contributed by atoms with Crippen molar-refractivity contribution in [2.45, 2.75) is 38.5 Å². The molecule has 9 nitrogen and oxygen atoms in total. The Labute approximate surface area is 268 Å². The predicted molar refractivity (Wildman–Crippen MR) is 178 cm³/mol. The van der Waals surface area contributed by atoms with Crippen molar-refractivity contribution >= 4 is 38.9 Å². The number of furan rings is 1. The van der Waals surface area contributed by atoms with E-state index in [2.05, 4.69) is 47.7 Å². The Morgan fingerprint density at radius 1 is 0.891 bits per heavy atom. The number of fused-ring (bicyclic) bond motifs is 1. The Kier molecular flexibility index (Phi) is 9.71. The standard InChI is InChI=1S/C36H36N2O7S/c1-36(2,3)29-16-12-25(13-17-29)31(22-24-8-10-27(11-9-24)34(39)37-20-21-44-46(41,42)43)35(40)38-30-18-14-26(15-19-30)33-23-28-6-4-5-7-32(28)45-33/h4-19,23,31H,20-22H2,1-3H3,(H,37,39)(H,38,40)(H,41,42,43). The number of anilines is 1. The van der Waals surface area contributed by atoms with E-state index in [0.717, 1.165) is 39.0 Å². The average Bonchev–Trinajstić information content (AvgIpc) is 3.46. The third-order valence-corrected chi connectivity index (χ3v) is 8.10. The van der Waals surface area contributed by atoms with Crippen molar-refractivity contribution in [3.8, 4) is 11.3 Å². The number of rotatable bonds is 11.